The number of carbonyl (C=O) groups is 1. The molecule has 0 radical (unpaired) electrons. The van der Waals surface area contributed by atoms with Gasteiger partial charge in [0.05, 0.1) is 0 Å². The molecule has 0 unspecified atom stereocenters. The normalized spacial score (nSPS) is 11.6. The Morgan fingerprint density at radius 2 is 1.45 bits per heavy atom. The predicted molar refractivity (Wildman–Crippen MR) is 48.5 cm³/mol. The minimum atomic E-state index is 0.264. The van der Waals surface area contributed by atoms with Crippen molar-refractivity contribution in [2.75, 3.05) is 0 Å². The molecule has 0 saturated heterocycles. The summed E-state index contributed by atoms with van der Waals surface area (Å²) in [6, 6.07) is 0. The quantitative estimate of drug-likeness (QED) is 0.611. The van der Waals surface area contributed by atoms with Gasteiger partial charge in [0.15, 0.2) is 0 Å². The van der Waals surface area contributed by atoms with E-state index in [0.29, 0.717) is 24.0 Å². The van der Waals surface area contributed by atoms with E-state index in [4.69, 9.17) is 0 Å². The van der Waals surface area contributed by atoms with Crippen LogP contribution in [0.5, 0.6) is 0 Å². The Kier molecular flexibility index (Phi) is 4.39. The summed E-state index contributed by atoms with van der Waals surface area (Å²) in [4.78, 5) is 11.4. The van der Waals surface area contributed by atoms with Crippen molar-refractivity contribution in [2.24, 2.45) is 17.8 Å². The number of Topliss-reactive ketones (excluding diaryl/α,β-unsaturated/α-hetero) is 1. The number of hydrogen-bond acceptors (Lipinski definition) is 1. The van der Waals surface area contributed by atoms with Crippen molar-refractivity contribution in [1.82, 2.24) is 0 Å². The van der Waals surface area contributed by atoms with Crippen LogP contribution in [0.3, 0.4) is 0 Å². The smallest absolute Gasteiger partial charge is 0.136 e. The highest BCUT2D eigenvalue weighted by Gasteiger charge is 2.23. The van der Waals surface area contributed by atoms with Gasteiger partial charge in [-0.1, -0.05) is 34.6 Å². The molecule has 0 bridgehead atoms. The summed E-state index contributed by atoms with van der Waals surface area (Å²) < 4.78 is 0. The maximum absolute atomic E-state index is 11.4. The Labute approximate surface area is 70.2 Å². The van der Waals surface area contributed by atoms with Gasteiger partial charge in [0.1, 0.15) is 5.78 Å². The highest BCUT2D eigenvalue weighted by molar-refractivity contribution is 5.81. The summed E-state index contributed by atoms with van der Waals surface area (Å²) in [5.74, 6) is 1.65. The van der Waals surface area contributed by atoms with Gasteiger partial charge in [-0.3, -0.25) is 4.79 Å². The molecule has 1 nitrogen and oxygen atoms in total. The summed E-state index contributed by atoms with van der Waals surface area (Å²) in [6.07, 6.45) is 0.682. The van der Waals surface area contributed by atoms with Crippen LogP contribution < -0.4 is 0 Å². The maximum Gasteiger partial charge on any atom is 0.136 e. The van der Waals surface area contributed by atoms with E-state index in [9.17, 15) is 4.79 Å². The zero-order valence-corrected chi connectivity index (χ0v) is 8.35. The molecule has 0 aliphatic rings. The number of rotatable bonds is 4. The topological polar surface area (TPSA) is 17.1 Å². The zero-order chi connectivity index (χ0) is 9.02. The van der Waals surface area contributed by atoms with Crippen molar-refractivity contribution >= 4 is 5.78 Å². The molecule has 66 valence electrons. The van der Waals surface area contributed by atoms with Crippen molar-refractivity contribution in [2.45, 2.75) is 41.0 Å². The zero-order valence-electron chi connectivity index (χ0n) is 8.35. The molecule has 0 spiro atoms. The maximum atomic E-state index is 11.4. The molecule has 0 fully saturated rings. The van der Waals surface area contributed by atoms with E-state index >= 15 is 0 Å². The van der Waals surface area contributed by atoms with Crippen molar-refractivity contribution < 1.29 is 4.79 Å². The lowest BCUT2D eigenvalue weighted by atomic mass is 9.81. The first-order chi connectivity index (χ1) is 5.00. The van der Waals surface area contributed by atoms with Crippen molar-refractivity contribution in [1.29, 1.82) is 0 Å². The average Bonchev–Trinajstić information content (AvgIpc) is 1.85. The molecule has 0 heterocycles. The second-order valence-electron chi connectivity index (χ2n) is 3.83. The van der Waals surface area contributed by atoms with Gasteiger partial charge in [0, 0.05) is 12.3 Å². The third-order valence-corrected chi connectivity index (χ3v) is 2.16. The molecule has 0 N–H and O–H groups in total. The SMILES string of the molecule is CCC(=O)C(C(C)C)C(C)C. The van der Waals surface area contributed by atoms with Crippen molar-refractivity contribution in [3.8, 4) is 0 Å². The van der Waals surface area contributed by atoms with Gasteiger partial charge in [-0.05, 0) is 11.8 Å². The van der Waals surface area contributed by atoms with Crippen molar-refractivity contribution in [3.05, 3.63) is 0 Å². The van der Waals surface area contributed by atoms with E-state index in [-0.39, 0.29) is 5.92 Å². The number of ketones is 1. The molecule has 0 rings (SSSR count). The molecular weight excluding hydrogens is 136 g/mol. The van der Waals surface area contributed by atoms with E-state index in [1.165, 1.54) is 0 Å². The summed E-state index contributed by atoms with van der Waals surface area (Å²) >= 11 is 0. The lowest BCUT2D eigenvalue weighted by Crippen LogP contribution is -2.24. The minimum Gasteiger partial charge on any atom is -0.299 e. The third-order valence-electron chi connectivity index (χ3n) is 2.16. The lowest BCUT2D eigenvalue weighted by Gasteiger charge is -2.22. The summed E-state index contributed by atoms with van der Waals surface area (Å²) in [5, 5.41) is 0. The molecule has 11 heavy (non-hydrogen) atoms. The Morgan fingerprint density at radius 3 is 1.55 bits per heavy atom. The van der Waals surface area contributed by atoms with Gasteiger partial charge in [0.25, 0.3) is 0 Å². The minimum absolute atomic E-state index is 0.264. The second kappa shape index (κ2) is 4.53. The van der Waals surface area contributed by atoms with Crippen LogP contribution in [0.1, 0.15) is 41.0 Å². The predicted octanol–water partition coefficient (Wildman–Crippen LogP) is 2.89. The standard InChI is InChI=1S/C10H20O/c1-6-9(11)10(7(2)3)8(4)5/h7-8,10H,6H2,1-5H3. The third kappa shape index (κ3) is 3.04. The Balaban J connectivity index is 4.22. The summed E-state index contributed by atoms with van der Waals surface area (Å²) in [6.45, 7) is 10.4. The highest BCUT2D eigenvalue weighted by atomic mass is 16.1. The molecule has 0 amide bonds. The van der Waals surface area contributed by atoms with Gasteiger partial charge >= 0.3 is 0 Å². The van der Waals surface area contributed by atoms with Crippen LogP contribution in [-0.4, -0.2) is 5.78 Å². The Hall–Kier alpha value is -0.330. The first kappa shape index (κ1) is 10.7. The van der Waals surface area contributed by atoms with Crippen LogP contribution in [0, 0.1) is 17.8 Å². The van der Waals surface area contributed by atoms with Gasteiger partial charge in [-0.25, -0.2) is 0 Å². The highest BCUT2D eigenvalue weighted by Crippen LogP contribution is 2.22. The molecule has 0 aromatic rings. The molecule has 0 atom stereocenters. The molecule has 0 aliphatic heterocycles. The molecular formula is C10H20O. The van der Waals surface area contributed by atoms with Crippen LogP contribution >= 0.6 is 0 Å². The van der Waals surface area contributed by atoms with Gasteiger partial charge in [-0.2, -0.15) is 0 Å². The fraction of sp³-hybridized carbons (Fsp3) is 0.900. The first-order valence-corrected chi connectivity index (χ1v) is 4.53. The molecule has 0 aliphatic carbocycles. The van der Waals surface area contributed by atoms with Crippen molar-refractivity contribution in [3.63, 3.8) is 0 Å². The van der Waals surface area contributed by atoms with E-state index < -0.39 is 0 Å². The van der Waals surface area contributed by atoms with Gasteiger partial charge < -0.3 is 0 Å². The Bertz CT molecular complexity index is 117. The monoisotopic (exact) mass is 156 g/mol. The van der Waals surface area contributed by atoms with Crippen LogP contribution in [0.2, 0.25) is 0 Å². The summed E-state index contributed by atoms with van der Waals surface area (Å²) in [5.41, 5.74) is 0. The second-order valence-corrected chi connectivity index (χ2v) is 3.83. The van der Waals surface area contributed by atoms with E-state index in [1.807, 2.05) is 6.92 Å². The fourth-order valence-electron chi connectivity index (χ4n) is 1.75. The average molecular weight is 156 g/mol. The molecule has 0 saturated carbocycles. The number of hydrogen-bond donors (Lipinski definition) is 0. The van der Waals surface area contributed by atoms with Crippen LogP contribution in [0.4, 0.5) is 0 Å². The van der Waals surface area contributed by atoms with Gasteiger partial charge in [-0.15, -0.1) is 0 Å². The fourth-order valence-corrected chi connectivity index (χ4v) is 1.75. The van der Waals surface area contributed by atoms with Crippen LogP contribution in [-0.2, 0) is 4.79 Å². The molecule has 1 heteroatoms. The first-order valence-electron chi connectivity index (χ1n) is 4.53. The summed E-state index contributed by atoms with van der Waals surface area (Å²) in [7, 11) is 0. The van der Waals surface area contributed by atoms with Crippen LogP contribution in [0.25, 0.3) is 0 Å². The Morgan fingerprint density at radius 1 is 1.09 bits per heavy atom. The van der Waals surface area contributed by atoms with E-state index in [2.05, 4.69) is 27.7 Å². The van der Waals surface area contributed by atoms with E-state index in [0.717, 1.165) is 0 Å². The van der Waals surface area contributed by atoms with Crippen LogP contribution in [0.15, 0.2) is 0 Å². The molecule has 0 aromatic carbocycles. The number of carbonyl (C=O) groups excluding carboxylic acids is 1. The largest absolute Gasteiger partial charge is 0.299 e. The van der Waals surface area contributed by atoms with Gasteiger partial charge in [0.2, 0.25) is 0 Å². The van der Waals surface area contributed by atoms with E-state index in [1.54, 1.807) is 0 Å². The molecule has 0 aromatic heterocycles. The lowest BCUT2D eigenvalue weighted by molar-refractivity contribution is -0.125.